The van der Waals surface area contributed by atoms with Crippen molar-refractivity contribution in [1.29, 1.82) is 0 Å². The van der Waals surface area contributed by atoms with E-state index in [1.165, 1.54) is 23.9 Å². The number of rotatable bonds is 7. The lowest BCUT2D eigenvalue weighted by Crippen LogP contribution is -2.29. The van der Waals surface area contributed by atoms with Crippen LogP contribution in [0.25, 0.3) is 5.78 Å². The molecule has 2 heterocycles. The first-order valence-corrected chi connectivity index (χ1v) is 10.1. The van der Waals surface area contributed by atoms with Crippen molar-refractivity contribution < 1.29 is 18.3 Å². The summed E-state index contributed by atoms with van der Waals surface area (Å²) in [4.78, 5) is 21.4. The number of carbonyl (C=O) groups excluding carboxylic acids is 1. The summed E-state index contributed by atoms with van der Waals surface area (Å²) in [7, 11) is 0. The first-order chi connectivity index (χ1) is 13.8. The minimum Gasteiger partial charge on any atom is -0.435 e. The largest absolute Gasteiger partial charge is 0.435 e. The molecule has 0 fully saturated rings. The third kappa shape index (κ3) is 4.81. The summed E-state index contributed by atoms with van der Waals surface area (Å²) in [6, 6.07) is 5.90. The molecule has 0 bridgehead atoms. The van der Waals surface area contributed by atoms with Crippen molar-refractivity contribution in [1.82, 2.24) is 24.9 Å². The maximum absolute atomic E-state index is 12.6. The lowest BCUT2D eigenvalue weighted by molar-refractivity contribution is -0.121. The number of nitrogens with zero attached hydrogens (tertiary/aromatic N) is 4. The van der Waals surface area contributed by atoms with E-state index < -0.39 is 6.61 Å². The van der Waals surface area contributed by atoms with Gasteiger partial charge in [0.2, 0.25) is 11.1 Å². The first kappa shape index (κ1) is 21.0. The zero-order chi connectivity index (χ0) is 21.1. The molecule has 10 heteroatoms. The molecule has 2 aromatic heterocycles. The number of hydrogen-bond donors (Lipinski definition) is 1. The van der Waals surface area contributed by atoms with E-state index in [1.807, 2.05) is 20.1 Å². The van der Waals surface area contributed by atoms with E-state index in [4.69, 9.17) is 0 Å². The Morgan fingerprint density at radius 1 is 1.31 bits per heavy atom. The lowest BCUT2D eigenvalue weighted by atomic mass is 10.1. The molecule has 0 aliphatic rings. The van der Waals surface area contributed by atoms with E-state index in [1.54, 1.807) is 23.6 Å². The van der Waals surface area contributed by atoms with Crippen LogP contribution in [0.15, 0.2) is 29.4 Å². The van der Waals surface area contributed by atoms with Crippen LogP contribution >= 0.6 is 11.8 Å². The van der Waals surface area contributed by atoms with Gasteiger partial charge in [-0.15, -0.1) is 5.10 Å². The summed E-state index contributed by atoms with van der Waals surface area (Å²) >= 11 is 1.42. The van der Waals surface area contributed by atoms with Gasteiger partial charge in [0.15, 0.2) is 0 Å². The Kier molecular flexibility index (Phi) is 6.31. The SMILES string of the molecule is CSc1nc2nc(C)c(CC(=O)NC(C)c3cccc(OC(F)F)c3)c(C)n2n1. The van der Waals surface area contributed by atoms with Crippen molar-refractivity contribution in [2.75, 3.05) is 6.26 Å². The highest BCUT2D eigenvalue weighted by Crippen LogP contribution is 2.21. The van der Waals surface area contributed by atoms with E-state index in [0.717, 1.165) is 11.3 Å². The molecule has 1 aromatic carbocycles. The number of halogens is 2. The molecule has 1 amide bonds. The van der Waals surface area contributed by atoms with Gasteiger partial charge in [-0.25, -0.2) is 9.50 Å². The molecule has 0 radical (unpaired) electrons. The van der Waals surface area contributed by atoms with Crippen molar-refractivity contribution in [2.24, 2.45) is 0 Å². The van der Waals surface area contributed by atoms with Gasteiger partial charge in [0, 0.05) is 17.0 Å². The molecule has 1 atom stereocenters. The summed E-state index contributed by atoms with van der Waals surface area (Å²) in [5.41, 5.74) is 2.95. The fourth-order valence-corrected chi connectivity index (χ4v) is 3.37. The van der Waals surface area contributed by atoms with Crippen LogP contribution in [0.5, 0.6) is 5.75 Å². The van der Waals surface area contributed by atoms with E-state index in [2.05, 4.69) is 25.1 Å². The number of aryl methyl sites for hydroxylation is 2. The molecule has 3 aromatic rings. The number of carbonyl (C=O) groups is 1. The Bertz CT molecular complexity index is 1040. The molecule has 1 unspecified atom stereocenters. The second-order valence-corrected chi connectivity index (χ2v) is 7.26. The van der Waals surface area contributed by atoms with Crippen molar-refractivity contribution in [3.05, 3.63) is 46.8 Å². The van der Waals surface area contributed by atoms with Gasteiger partial charge < -0.3 is 10.1 Å². The standard InChI is InChI=1S/C19H21F2N5O2S/c1-10(13-6-5-7-14(8-13)28-17(20)21)22-16(27)9-15-11(2)23-18-24-19(29-4)25-26(18)12(15)3/h5-8,10,17H,9H2,1-4H3,(H,22,27). The van der Waals surface area contributed by atoms with Crippen LogP contribution in [0.4, 0.5) is 8.78 Å². The Morgan fingerprint density at radius 2 is 2.07 bits per heavy atom. The number of nitrogens with one attached hydrogen (secondary N) is 1. The summed E-state index contributed by atoms with van der Waals surface area (Å²) in [6.07, 6.45) is 2.00. The summed E-state index contributed by atoms with van der Waals surface area (Å²) in [5, 5.41) is 7.88. The molecule has 0 spiro atoms. The topological polar surface area (TPSA) is 81.4 Å². The number of fused-ring (bicyclic) bond motifs is 1. The van der Waals surface area contributed by atoms with E-state index in [9.17, 15) is 13.6 Å². The van der Waals surface area contributed by atoms with Crippen molar-refractivity contribution in [3.63, 3.8) is 0 Å². The molecule has 7 nitrogen and oxygen atoms in total. The smallest absolute Gasteiger partial charge is 0.387 e. The van der Waals surface area contributed by atoms with Gasteiger partial charge >= 0.3 is 6.61 Å². The van der Waals surface area contributed by atoms with E-state index in [0.29, 0.717) is 22.2 Å². The Morgan fingerprint density at radius 3 is 2.76 bits per heavy atom. The van der Waals surface area contributed by atoms with Crippen molar-refractivity contribution >= 4 is 23.4 Å². The highest BCUT2D eigenvalue weighted by atomic mass is 32.2. The average Bonchev–Trinajstić information content (AvgIpc) is 3.08. The van der Waals surface area contributed by atoms with Crippen LogP contribution in [0.2, 0.25) is 0 Å². The molecule has 0 saturated heterocycles. The fourth-order valence-electron chi connectivity index (χ4n) is 3.03. The minimum atomic E-state index is -2.90. The Hall–Kier alpha value is -2.75. The van der Waals surface area contributed by atoms with Crippen molar-refractivity contribution in [2.45, 2.75) is 45.0 Å². The van der Waals surface area contributed by atoms with Crippen molar-refractivity contribution in [3.8, 4) is 5.75 Å². The molecular weight excluding hydrogens is 400 g/mol. The molecule has 0 aliphatic heterocycles. The normalized spacial score (nSPS) is 12.4. The van der Waals surface area contributed by atoms with Crippen LogP contribution in [0.3, 0.4) is 0 Å². The van der Waals surface area contributed by atoms with Crippen LogP contribution in [-0.4, -0.2) is 38.4 Å². The van der Waals surface area contributed by atoms with Crippen LogP contribution in [0.1, 0.15) is 35.5 Å². The van der Waals surface area contributed by atoms with E-state index >= 15 is 0 Å². The maximum Gasteiger partial charge on any atom is 0.387 e. The fraction of sp³-hybridized carbons (Fsp3) is 0.368. The molecule has 0 saturated carbocycles. The second kappa shape index (κ2) is 8.73. The van der Waals surface area contributed by atoms with Gasteiger partial charge in [-0.3, -0.25) is 4.79 Å². The second-order valence-electron chi connectivity index (χ2n) is 6.49. The van der Waals surface area contributed by atoms with Gasteiger partial charge in [-0.05, 0) is 44.7 Å². The Balaban J connectivity index is 1.75. The van der Waals surface area contributed by atoms with Crippen LogP contribution in [0, 0.1) is 13.8 Å². The first-order valence-electron chi connectivity index (χ1n) is 8.89. The predicted molar refractivity (Wildman–Crippen MR) is 105 cm³/mol. The molecule has 1 N–H and O–H groups in total. The predicted octanol–water partition coefficient (Wildman–Crippen LogP) is 3.48. The lowest BCUT2D eigenvalue weighted by Gasteiger charge is -2.16. The van der Waals surface area contributed by atoms with Crippen LogP contribution in [-0.2, 0) is 11.2 Å². The number of ether oxygens (including phenoxy) is 1. The number of hydrogen-bond acceptors (Lipinski definition) is 6. The maximum atomic E-state index is 12.6. The number of thioether (sulfide) groups is 1. The molecular formula is C19H21F2N5O2S. The molecule has 154 valence electrons. The molecule has 29 heavy (non-hydrogen) atoms. The van der Waals surface area contributed by atoms with E-state index in [-0.39, 0.29) is 24.1 Å². The average molecular weight is 421 g/mol. The zero-order valence-corrected chi connectivity index (χ0v) is 17.3. The Labute approximate surface area is 170 Å². The molecule has 0 aliphatic carbocycles. The number of aromatic nitrogens is 4. The summed E-state index contributed by atoms with van der Waals surface area (Å²) < 4.78 is 30.9. The van der Waals surface area contributed by atoms with Gasteiger partial charge in [-0.2, -0.15) is 13.8 Å². The van der Waals surface area contributed by atoms with Gasteiger partial charge in [-0.1, -0.05) is 23.9 Å². The quantitative estimate of drug-likeness (QED) is 0.588. The summed E-state index contributed by atoms with van der Waals surface area (Å²) in [5.74, 6) is 0.337. The highest BCUT2D eigenvalue weighted by molar-refractivity contribution is 7.98. The van der Waals surface area contributed by atoms with Gasteiger partial charge in [0.05, 0.1) is 12.5 Å². The van der Waals surface area contributed by atoms with Gasteiger partial charge in [0.1, 0.15) is 5.75 Å². The minimum absolute atomic E-state index is 0.0516. The van der Waals surface area contributed by atoms with Gasteiger partial charge in [0.25, 0.3) is 5.78 Å². The number of benzene rings is 1. The number of amides is 1. The highest BCUT2D eigenvalue weighted by Gasteiger charge is 2.18. The number of alkyl halides is 2. The summed E-state index contributed by atoms with van der Waals surface area (Å²) in [6.45, 7) is 2.59. The molecule has 3 rings (SSSR count). The zero-order valence-electron chi connectivity index (χ0n) is 16.4. The monoisotopic (exact) mass is 421 g/mol. The third-order valence-electron chi connectivity index (χ3n) is 4.51. The third-order valence-corrected chi connectivity index (χ3v) is 5.05. The van der Waals surface area contributed by atoms with Crippen LogP contribution < -0.4 is 10.1 Å².